The predicted molar refractivity (Wildman–Crippen MR) is 114 cm³/mol. The van der Waals surface area contributed by atoms with Crippen molar-refractivity contribution >= 4 is 35.1 Å². The number of hydrogen-bond donors (Lipinski definition) is 1. The van der Waals surface area contributed by atoms with Crippen LogP contribution in [-0.4, -0.2) is 34.1 Å². The van der Waals surface area contributed by atoms with E-state index in [9.17, 15) is 9.18 Å². The molecule has 30 heavy (non-hydrogen) atoms. The Morgan fingerprint density at radius 1 is 1.23 bits per heavy atom. The molecule has 0 spiro atoms. The van der Waals surface area contributed by atoms with Crippen LogP contribution in [0.2, 0.25) is 5.02 Å². The van der Waals surface area contributed by atoms with Crippen LogP contribution >= 0.6 is 23.4 Å². The van der Waals surface area contributed by atoms with Crippen LogP contribution in [0.1, 0.15) is 33.2 Å². The van der Waals surface area contributed by atoms with Gasteiger partial charge in [-0.25, -0.2) is 14.4 Å². The number of nitrogen functional groups attached to an aromatic ring is 1. The number of fused-ring (bicyclic) bond motifs is 1. The van der Waals surface area contributed by atoms with Gasteiger partial charge in [-0.1, -0.05) is 35.5 Å². The molecular weight excluding hydrogens is 427 g/mol. The van der Waals surface area contributed by atoms with Crippen molar-refractivity contribution in [2.75, 3.05) is 19.1 Å². The largest absolute Gasteiger partial charge is 0.497 e. The zero-order valence-electron chi connectivity index (χ0n) is 16.2. The van der Waals surface area contributed by atoms with Gasteiger partial charge in [-0.3, -0.25) is 4.79 Å². The lowest BCUT2D eigenvalue weighted by molar-refractivity contribution is 0.0731. The van der Waals surface area contributed by atoms with Gasteiger partial charge >= 0.3 is 0 Å². The average Bonchev–Trinajstić information content (AvgIpc) is 3.02. The number of nitrogens with two attached hydrogens (primary N) is 1. The highest BCUT2D eigenvalue weighted by molar-refractivity contribution is 7.98. The lowest BCUT2D eigenvalue weighted by Gasteiger charge is -2.26. The van der Waals surface area contributed by atoms with Crippen LogP contribution in [-0.2, 0) is 6.54 Å². The lowest BCUT2D eigenvalue weighted by Crippen LogP contribution is -2.28. The zero-order valence-corrected chi connectivity index (χ0v) is 17.8. The van der Waals surface area contributed by atoms with Crippen molar-refractivity contribution < 1.29 is 13.9 Å². The van der Waals surface area contributed by atoms with E-state index in [1.807, 2.05) is 24.3 Å². The Morgan fingerprint density at radius 2 is 1.97 bits per heavy atom. The third-order valence-electron chi connectivity index (χ3n) is 4.95. The number of rotatable bonds is 5. The van der Waals surface area contributed by atoms with Crippen molar-refractivity contribution in [2.45, 2.75) is 17.7 Å². The van der Waals surface area contributed by atoms with Crippen molar-refractivity contribution in [1.29, 1.82) is 0 Å². The highest BCUT2D eigenvalue weighted by atomic mass is 35.5. The second kappa shape index (κ2) is 8.12. The van der Waals surface area contributed by atoms with Gasteiger partial charge in [0.15, 0.2) is 5.16 Å². The minimum absolute atomic E-state index is 0.181. The molecule has 0 radical (unpaired) electrons. The molecule has 1 amide bonds. The molecule has 0 aliphatic carbocycles. The van der Waals surface area contributed by atoms with Crippen molar-refractivity contribution in [3.05, 3.63) is 75.7 Å². The van der Waals surface area contributed by atoms with E-state index in [0.29, 0.717) is 27.1 Å². The van der Waals surface area contributed by atoms with E-state index in [0.717, 1.165) is 5.56 Å². The van der Waals surface area contributed by atoms with Crippen molar-refractivity contribution in [3.63, 3.8) is 0 Å². The van der Waals surface area contributed by atoms with E-state index in [-0.39, 0.29) is 24.0 Å². The van der Waals surface area contributed by atoms with E-state index >= 15 is 0 Å². The Hall–Kier alpha value is -2.84. The van der Waals surface area contributed by atoms with Gasteiger partial charge < -0.3 is 15.4 Å². The van der Waals surface area contributed by atoms with Crippen LogP contribution in [0.3, 0.4) is 0 Å². The summed E-state index contributed by atoms with van der Waals surface area (Å²) in [6, 6.07) is 10.7. The van der Waals surface area contributed by atoms with Gasteiger partial charge in [0.1, 0.15) is 23.1 Å². The quantitative estimate of drug-likeness (QED) is 0.466. The second-order valence-electron chi connectivity index (χ2n) is 6.71. The molecule has 1 aromatic heterocycles. The number of benzene rings is 2. The molecule has 2 N–H and O–H groups in total. The van der Waals surface area contributed by atoms with Crippen molar-refractivity contribution in [3.8, 4) is 5.75 Å². The van der Waals surface area contributed by atoms with E-state index in [4.69, 9.17) is 22.1 Å². The zero-order chi connectivity index (χ0) is 21.4. The Labute approximate surface area is 182 Å². The fourth-order valence-corrected chi connectivity index (χ4v) is 4.13. The number of anilines is 1. The molecule has 154 valence electrons. The van der Waals surface area contributed by atoms with Gasteiger partial charge in [0.25, 0.3) is 5.91 Å². The highest BCUT2D eigenvalue weighted by Crippen LogP contribution is 2.44. The predicted octanol–water partition coefficient (Wildman–Crippen LogP) is 4.33. The van der Waals surface area contributed by atoms with Crippen LogP contribution in [0.25, 0.3) is 0 Å². The number of carbonyl (C=O) groups is 1. The Kier molecular flexibility index (Phi) is 5.53. The molecule has 0 saturated heterocycles. The second-order valence-corrected chi connectivity index (χ2v) is 7.89. The van der Waals surface area contributed by atoms with Gasteiger partial charge in [0, 0.05) is 17.1 Å². The number of ether oxygens (including phenoxy) is 1. The fourth-order valence-electron chi connectivity index (χ4n) is 3.54. The molecule has 4 rings (SSSR count). The SMILES string of the molecule is COc1ccc(CN2C(=O)c3nc(SC)nc(N)c3C2c2cc(F)ccc2Cl)cc1. The van der Waals surface area contributed by atoms with Gasteiger partial charge in [0.05, 0.1) is 18.7 Å². The summed E-state index contributed by atoms with van der Waals surface area (Å²) in [6.07, 6.45) is 1.80. The topological polar surface area (TPSA) is 81.3 Å². The molecule has 0 saturated carbocycles. The van der Waals surface area contributed by atoms with Gasteiger partial charge in [-0.05, 0) is 42.2 Å². The van der Waals surface area contributed by atoms with Crippen molar-refractivity contribution in [1.82, 2.24) is 14.9 Å². The molecule has 3 aromatic rings. The van der Waals surface area contributed by atoms with Gasteiger partial charge in [0.2, 0.25) is 0 Å². The summed E-state index contributed by atoms with van der Waals surface area (Å²) in [5.41, 5.74) is 8.18. The Bertz CT molecular complexity index is 1130. The summed E-state index contributed by atoms with van der Waals surface area (Å²) in [7, 11) is 1.59. The maximum Gasteiger partial charge on any atom is 0.274 e. The molecular formula is C21H18ClFN4O2S. The lowest BCUT2D eigenvalue weighted by atomic mass is 9.99. The summed E-state index contributed by atoms with van der Waals surface area (Å²) < 4.78 is 19.3. The van der Waals surface area contributed by atoms with Crippen LogP contribution in [0.5, 0.6) is 5.75 Å². The van der Waals surface area contributed by atoms with E-state index in [1.165, 1.54) is 30.0 Å². The van der Waals surface area contributed by atoms with Gasteiger partial charge in [-0.15, -0.1) is 0 Å². The number of hydrogen-bond acceptors (Lipinski definition) is 6. The number of amides is 1. The molecule has 1 unspecified atom stereocenters. The van der Waals surface area contributed by atoms with Crippen LogP contribution in [0.15, 0.2) is 47.6 Å². The first-order chi connectivity index (χ1) is 14.4. The third kappa shape index (κ3) is 3.57. The van der Waals surface area contributed by atoms with Gasteiger partial charge in [-0.2, -0.15) is 0 Å². The molecule has 1 aliphatic heterocycles. The van der Waals surface area contributed by atoms with Crippen LogP contribution in [0.4, 0.5) is 10.2 Å². The monoisotopic (exact) mass is 444 g/mol. The first kappa shape index (κ1) is 20.4. The smallest absolute Gasteiger partial charge is 0.274 e. The average molecular weight is 445 g/mol. The first-order valence-corrected chi connectivity index (χ1v) is 10.6. The number of carbonyl (C=O) groups excluding carboxylic acids is 1. The number of nitrogens with zero attached hydrogens (tertiary/aromatic N) is 3. The van der Waals surface area contributed by atoms with E-state index < -0.39 is 11.9 Å². The number of aromatic nitrogens is 2. The Balaban J connectivity index is 1.85. The van der Waals surface area contributed by atoms with Crippen LogP contribution < -0.4 is 10.5 Å². The Morgan fingerprint density at radius 3 is 2.63 bits per heavy atom. The molecule has 1 aliphatic rings. The minimum Gasteiger partial charge on any atom is -0.497 e. The van der Waals surface area contributed by atoms with E-state index in [2.05, 4.69) is 9.97 Å². The summed E-state index contributed by atoms with van der Waals surface area (Å²) in [5, 5.41) is 0.727. The van der Waals surface area contributed by atoms with Crippen LogP contribution in [0, 0.1) is 5.82 Å². The minimum atomic E-state index is -0.700. The fraction of sp³-hybridized carbons (Fsp3) is 0.190. The molecule has 2 heterocycles. The molecule has 2 aromatic carbocycles. The third-order valence-corrected chi connectivity index (χ3v) is 5.84. The molecule has 9 heteroatoms. The first-order valence-electron chi connectivity index (χ1n) is 9.03. The molecule has 1 atom stereocenters. The molecule has 6 nitrogen and oxygen atoms in total. The summed E-state index contributed by atoms with van der Waals surface area (Å²) in [6.45, 7) is 0.255. The maximum atomic E-state index is 14.1. The number of methoxy groups -OCH3 is 1. The van der Waals surface area contributed by atoms with E-state index in [1.54, 1.807) is 18.3 Å². The number of thioether (sulfide) groups is 1. The number of halogens is 2. The molecule has 0 bridgehead atoms. The standard InChI is InChI=1S/C21H18ClFN4O2S/c1-29-13-6-3-11(4-7-13)10-27-18(14-9-12(23)5-8-15(14)22)16-17(20(27)28)25-21(30-2)26-19(16)24/h3-9,18H,10H2,1-2H3,(H2,24,25,26). The summed E-state index contributed by atoms with van der Waals surface area (Å²) in [5.74, 6) is 0.120. The maximum absolute atomic E-state index is 14.1. The normalized spacial score (nSPS) is 15.4. The van der Waals surface area contributed by atoms with Crippen molar-refractivity contribution in [2.24, 2.45) is 0 Å². The molecule has 0 fully saturated rings. The highest BCUT2D eigenvalue weighted by Gasteiger charge is 2.42. The summed E-state index contributed by atoms with van der Waals surface area (Å²) in [4.78, 5) is 23.6. The summed E-state index contributed by atoms with van der Waals surface area (Å²) >= 11 is 7.69.